The normalized spacial score (nSPS) is 16.2. The molecule has 7 heteroatoms. The molecule has 2 aromatic rings. The van der Waals surface area contributed by atoms with Crippen LogP contribution in [-0.4, -0.2) is 39.1 Å². The van der Waals surface area contributed by atoms with E-state index in [2.05, 4.69) is 15.4 Å². The number of aryl methyl sites for hydroxylation is 1. The summed E-state index contributed by atoms with van der Waals surface area (Å²) in [5.41, 5.74) is 1.27. The molecule has 1 amide bonds. The van der Waals surface area contributed by atoms with Gasteiger partial charge in [0, 0.05) is 18.4 Å². The zero-order valence-corrected chi connectivity index (χ0v) is 14.5. The van der Waals surface area contributed by atoms with Crippen LogP contribution in [-0.2, 0) is 9.53 Å². The molecule has 3 rings (SSSR count). The van der Waals surface area contributed by atoms with Gasteiger partial charge in [0.15, 0.2) is 12.3 Å². The number of nitrogens with one attached hydrogen (secondary N) is 1. The Morgan fingerprint density at radius 2 is 1.96 bits per heavy atom. The van der Waals surface area contributed by atoms with Crippen molar-refractivity contribution in [3.63, 3.8) is 0 Å². The molecule has 0 unspecified atom stereocenters. The van der Waals surface area contributed by atoms with E-state index >= 15 is 0 Å². The first-order valence-electron chi connectivity index (χ1n) is 8.91. The van der Waals surface area contributed by atoms with Gasteiger partial charge in [0.05, 0.1) is 5.69 Å². The van der Waals surface area contributed by atoms with Crippen molar-refractivity contribution in [1.82, 2.24) is 19.9 Å². The van der Waals surface area contributed by atoms with Crippen LogP contribution in [0.4, 0.5) is 0 Å². The first-order valence-corrected chi connectivity index (χ1v) is 8.91. The molecule has 1 N–H and O–H groups in total. The lowest BCUT2D eigenvalue weighted by molar-refractivity contribution is -0.125. The second kappa shape index (κ2) is 8.09. The summed E-state index contributed by atoms with van der Waals surface area (Å²) in [7, 11) is 0. The van der Waals surface area contributed by atoms with Crippen molar-refractivity contribution in [2.24, 2.45) is 0 Å². The van der Waals surface area contributed by atoms with Crippen LogP contribution < -0.4 is 5.32 Å². The van der Waals surface area contributed by atoms with Gasteiger partial charge in [-0.3, -0.25) is 4.79 Å². The van der Waals surface area contributed by atoms with Crippen molar-refractivity contribution in [1.29, 1.82) is 0 Å². The van der Waals surface area contributed by atoms with E-state index in [1.165, 1.54) is 23.8 Å². The minimum absolute atomic E-state index is 0.187. The van der Waals surface area contributed by atoms with Crippen LogP contribution in [0.15, 0.2) is 18.5 Å². The summed E-state index contributed by atoms with van der Waals surface area (Å²) < 4.78 is 6.72. The number of hydrogen-bond acceptors (Lipinski definition) is 5. The molecule has 1 fully saturated rings. The maximum Gasteiger partial charge on any atom is 0.344 e. The second-order valence-corrected chi connectivity index (χ2v) is 6.53. The Balaban J connectivity index is 1.56. The van der Waals surface area contributed by atoms with E-state index in [0.29, 0.717) is 16.9 Å². The van der Waals surface area contributed by atoms with Gasteiger partial charge in [0.25, 0.3) is 5.91 Å². The van der Waals surface area contributed by atoms with Gasteiger partial charge in [0.1, 0.15) is 5.56 Å². The molecular weight excluding hydrogens is 320 g/mol. The fourth-order valence-electron chi connectivity index (χ4n) is 3.31. The molecule has 0 aromatic carbocycles. The molecule has 1 aliphatic rings. The summed E-state index contributed by atoms with van der Waals surface area (Å²) in [4.78, 5) is 28.6. The summed E-state index contributed by atoms with van der Waals surface area (Å²) in [5.74, 6) is -0.819. The predicted molar refractivity (Wildman–Crippen MR) is 92.3 cm³/mol. The van der Waals surface area contributed by atoms with E-state index in [0.717, 1.165) is 25.7 Å². The number of carbonyl (C=O) groups is 2. The van der Waals surface area contributed by atoms with Crippen molar-refractivity contribution in [3.05, 3.63) is 29.7 Å². The highest BCUT2D eigenvalue weighted by molar-refractivity contribution is 5.98. The third-order valence-electron chi connectivity index (χ3n) is 4.58. The highest BCUT2D eigenvalue weighted by Gasteiger charge is 2.21. The van der Waals surface area contributed by atoms with Crippen LogP contribution in [0.2, 0.25) is 0 Å². The molecule has 25 heavy (non-hydrogen) atoms. The molecule has 0 aliphatic heterocycles. The molecule has 0 radical (unpaired) electrons. The molecule has 0 spiro atoms. The van der Waals surface area contributed by atoms with Crippen molar-refractivity contribution < 1.29 is 14.3 Å². The Morgan fingerprint density at radius 3 is 2.72 bits per heavy atom. The average Bonchev–Trinajstić information content (AvgIpc) is 2.91. The maximum absolute atomic E-state index is 12.3. The molecule has 1 aliphatic carbocycles. The largest absolute Gasteiger partial charge is 0.452 e. The Bertz CT molecular complexity index is 748. The van der Waals surface area contributed by atoms with Gasteiger partial charge in [-0.2, -0.15) is 5.10 Å². The molecule has 0 bridgehead atoms. The lowest BCUT2D eigenvalue weighted by Gasteiger charge is -2.20. The van der Waals surface area contributed by atoms with Crippen LogP contribution in [0.25, 0.3) is 5.65 Å². The number of rotatable bonds is 4. The zero-order valence-electron chi connectivity index (χ0n) is 14.5. The average molecular weight is 344 g/mol. The van der Waals surface area contributed by atoms with Crippen molar-refractivity contribution >= 4 is 17.5 Å². The van der Waals surface area contributed by atoms with Gasteiger partial charge in [0.2, 0.25) is 0 Å². The molecule has 2 aromatic heterocycles. The molecular formula is C18H24N4O3. The number of nitrogens with zero attached hydrogens (tertiary/aromatic N) is 3. The molecule has 2 heterocycles. The van der Waals surface area contributed by atoms with Gasteiger partial charge >= 0.3 is 5.97 Å². The number of hydrogen-bond donors (Lipinski definition) is 1. The van der Waals surface area contributed by atoms with Crippen molar-refractivity contribution in [2.75, 3.05) is 6.61 Å². The number of esters is 1. The van der Waals surface area contributed by atoms with E-state index in [1.807, 2.05) is 0 Å². The van der Waals surface area contributed by atoms with Crippen LogP contribution in [0.3, 0.4) is 0 Å². The first-order chi connectivity index (χ1) is 12.1. The summed E-state index contributed by atoms with van der Waals surface area (Å²) in [5, 5.41) is 7.21. The minimum Gasteiger partial charge on any atom is -0.452 e. The van der Waals surface area contributed by atoms with Crippen LogP contribution in [0.5, 0.6) is 0 Å². The van der Waals surface area contributed by atoms with E-state index < -0.39 is 5.97 Å². The van der Waals surface area contributed by atoms with Gasteiger partial charge in [-0.05, 0) is 25.8 Å². The lowest BCUT2D eigenvalue weighted by Crippen LogP contribution is -2.38. The molecule has 7 nitrogen and oxygen atoms in total. The lowest BCUT2D eigenvalue weighted by atomic mass is 9.97. The van der Waals surface area contributed by atoms with E-state index in [4.69, 9.17) is 4.74 Å². The summed E-state index contributed by atoms with van der Waals surface area (Å²) >= 11 is 0. The summed E-state index contributed by atoms with van der Waals surface area (Å²) in [6.07, 6.45) is 11.3. The van der Waals surface area contributed by atoms with Crippen molar-refractivity contribution in [3.8, 4) is 0 Å². The monoisotopic (exact) mass is 344 g/mol. The number of carbonyl (C=O) groups excluding carboxylic acids is 2. The molecule has 1 saturated carbocycles. The van der Waals surface area contributed by atoms with Gasteiger partial charge in [-0.1, -0.05) is 32.1 Å². The SMILES string of the molecule is Cc1nn2cccnc2c1C(=O)OCC(=O)NC1CCCCCCC1. The number of aromatic nitrogens is 3. The smallest absolute Gasteiger partial charge is 0.344 e. The molecule has 134 valence electrons. The van der Waals surface area contributed by atoms with Crippen LogP contribution in [0, 0.1) is 6.92 Å². The topological polar surface area (TPSA) is 85.6 Å². The highest BCUT2D eigenvalue weighted by Crippen LogP contribution is 2.17. The molecule has 0 saturated heterocycles. The minimum atomic E-state index is -0.570. The van der Waals surface area contributed by atoms with E-state index in [-0.39, 0.29) is 18.6 Å². The Morgan fingerprint density at radius 1 is 1.24 bits per heavy atom. The maximum atomic E-state index is 12.3. The third-order valence-corrected chi connectivity index (χ3v) is 4.58. The fraction of sp³-hybridized carbons (Fsp3) is 0.556. The summed E-state index contributed by atoms with van der Waals surface area (Å²) in [6, 6.07) is 1.92. The van der Waals surface area contributed by atoms with Crippen molar-refractivity contribution in [2.45, 2.75) is 57.9 Å². The van der Waals surface area contributed by atoms with Gasteiger partial charge < -0.3 is 10.1 Å². The zero-order chi connectivity index (χ0) is 17.6. The quantitative estimate of drug-likeness (QED) is 0.861. The van der Waals surface area contributed by atoms with Crippen LogP contribution in [0.1, 0.15) is 61.0 Å². The first kappa shape index (κ1) is 17.4. The fourth-order valence-corrected chi connectivity index (χ4v) is 3.31. The summed E-state index contributed by atoms with van der Waals surface area (Å²) in [6.45, 7) is 1.44. The predicted octanol–water partition coefficient (Wildman–Crippen LogP) is 2.42. The number of fused-ring (bicyclic) bond motifs is 1. The van der Waals surface area contributed by atoms with E-state index in [9.17, 15) is 9.59 Å². The number of amides is 1. The Kier molecular flexibility index (Phi) is 5.63. The highest BCUT2D eigenvalue weighted by atomic mass is 16.5. The van der Waals surface area contributed by atoms with Gasteiger partial charge in [-0.15, -0.1) is 0 Å². The number of ether oxygens (including phenoxy) is 1. The third kappa shape index (κ3) is 4.35. The second-order valence-electron chi connectivity index (χ2n) is 6.53. The standard InChI is InChI=1S/C18H24N4O3/c1-13-16(17-19-10-7-11-22(17)21-13)18(24)25-12-15(23)20-14-8-5-3-2-4-6-9-14/h7,10-11,14H,2-6,8-9,12H2,1H3,(H,20,23). The Hall–Kier alpha value is -2.44. The van der Waals surface area contributed by atoms with E-state index in [1.54, 1.807) is 25.4 Å². The molecule has 0 atom stereocenters. The Labute approximate surface area is 146 Å². The van der Waals surface area contributed by atoms with Crippen LogP contribution >= 0.6 is 0 Å². The van der Waals surface area contributed by atoms with Gasteiger partial charge in [-0.25, -0.2) is 14.3 Å².